The summed E-state index contributed by atoms with van der Waals surface area (Å²) in [5.41, 5.74) is 0.996. The monoisotopic (exact) mass is 358 g/mol. The minimum atomic E-state index is -0.0448. The zero-order valence-corrected chi connectivity index (χ0v) is 15.5. The summed E-state index contributed by atoms with van der Waals surface area (Å²) >= 11 is 0. The van der Waals surface area contributed by atoms with Crippen molar-refractivity contribution in [2.45, 2.75) is 6.54 Å². The van der Waals surface area contributed by atoms with Gasteiger partial charge in [-0.3, -0.25) is 9.69 Å². The van der Waals surface area contributed by atoms with Gasteiger partial charge in [0.2, 0.25) is 5.91 Å². The Morgan fingerprint density at radius 3 is 2.50 bits per heavy atom. The summed E-state index contributed by atoms with van der Waals surface area (Å²) in [6.07, 6.45) is 0. The Morgan fingerprint density at radius 2 is 1.81 bits per heavy atom. The lowest BCUT2D eigenvalue weighted by atomic mass is 10.2. The molecule has 0 unspecified atom stereocenters. The number of carbonyl (C=O) groups is 1. The lowest BCUT2D eigenvalue weighted by Gasteiger charge is -2.18. The van der Waals surface area contributed by atoms with Crippen LogP contribution >= 0.6 is 0 Å². The Kier molecular flexibility index (Phi) is 7.76. The van der Waals surface area contributed by atoms with Crippen LogP contribution in [-0.4, -0.2) is 51.8 Å². The number of hydrogen-bond donors (Lipinski definition) is 1. The summed E-state index contributed by atoms with van der Waals surface area (Å²) in [6, 6.07) is 15.2. The number of nitrogens with one attached hydrogen (secondary N) is 1. The SMILES string of the molecule is COc1ccc(CN(C)CC(=O)NCCOc2ccccc2)c(OC)c1. The van der Waals surface area contributed by atoms with E-state index >= 15 is 0 Å². The highest BCUT2D eigenvalue weighted by Crippen LogP contribution is 2.25. The minimum absolute atomic E-state index is 0.0448. The maximum Gasteiger partial charge on any atom is 0.234 e. The number of hydrogen-bond acceptors (Lipinski definition) is 5. The topological polar surface area (TPSA) is 60.0 Å². The molecule has 6 nitrogen and oxygen atoms in total. The van der Waals surface area contributed by atoms with E-state index in [9.17, 15) is 4.79 Å². The first kappa shape index (κ1) is 19.6. The molecule has 0 spiro atoms. The van der Waals surface area contributed by atoms with Crippen LogP contribution in [0.25, 0.3) is 0 Å². The zero-order chi connectivity index (χ0) is 18.8. The van der Waals surface area contributed by atoms with Crippen LogP contribution in [0.5, 0.6) is 17.2 Å². The molecule has 2 aromatic carbocycles. The van der Waals surface area contributed by atoms with Crippen LogP contribution in [0.4, 0.5) is 0 Å². The molecule has 0 saturated heterocycles. The van der Waals surface area contributed by atoms with E-state index in [1.165, 1.54) is 0 Å². The first-order chi connectivity index (χ1) is 12.6. The molecule has 2 rings (SSSR count). The lowest BCUT2D eigenvalue weighted by Crippen LogP contribution is -2.36. The molecule has 0 aliphatic rings. The van der Waals surface area contributed by atoms with Crippen molar-refractivity contribution in [1.82, 2.24) is 10.2 Å². The van der Waals surface area contributed by atoms with Gasteiger partial charge < -0.3 is 19.5 Å². The van der Waals surface area contributed by atoms with Crippen molar-refractivity contribution in [2.24, 2.45) is 0 Å². The van der Waals surface area contributed by atoms with Crippen molar-refractivity contribution < 1.29 is 19.0 Å². The van der Waals surface area contributed by atoms with Crippen molar-refractivity contribution in [3.8, 4) is 17.2 Å². The maximum absolute atomic E-state index is 12.1. The number of likely N-dealkylation sites (N-methyl/N-ethyl adjacent to an activating group) is 1. The summed E-state index contributed by atoms with van der Waals surface area (Å²) in [4.78, 5) is 14.0. The van der Waals surface area contributed by atoms with E-state index in [-0.39, 0.29) is 5.91 Å². The third-order valence-corrected chi connectivity index (χ3v) is 3.78. The highest BCUT2D eigenvalue weighted by atomic mass is 16.5. The number of amides is 1. The van der Waals surface area contributed by atoms with Crippen LogP contribution in [0.2, 0.25) is 0 Å². The van der Waals surface area contributed by atoms with Crippen LogP contribution in [0.1, 0.15) is 5.56 Å². The molecule has 0 aliphatic heterocycles. The van der Waals surface area contributed by atoms with Gasteiger partial charge in [-0.05, 0) is 25.2 Å². The molecular weight excluding hydrogens is 332 g/mol. The van der Waals surface area contributed by atoms with Gasteiger partial charge in [0, 0.05) is 18.2 Å². The number of carbonyl (C=O) groups excluding carboxylic acids is 1. The molecule has 0 atom stereocenters. The average Bonchev–Trinajstić information content (AvgIpc) is 2.66. The molecule has 26 heavy (non-hydrogen) atoms. The Morgan fingerprint density at radius 1 is 1.04 bits per heavy atom. The summed E-state index contributed by atoms with van der Waals surface area (Å²) < 4.78 is 16.1. The number of benzene rings is 2. The first-order valence-corrected chi connectivity index (χ1v) is 8.46. The van der Waals surface area contributed by atoms with Gasteiger partial charge in [0.25, 0.3) is 0 Å². The summed E-state index contributed by atoms with van der Waals surface area (Å²) in [5, 5.41) is 2.86. The lowest BCUT2D eigenvalue weighted by molar-refractivity contribution is -0.122. The van der Waals surface area contributed by atoms with E-state index in [0.717, 1.165) is 22.8 Å². The van der Waals surface area contributed by atoms with E-state index in [1.807, 2.05) is 60.5 Å². The third-order valence-electron chi connectivity index (χ3n) is 3.78. The quantitative estimate of drug-likeness (QED) is 0.661. The number of rotatable bonds is 10. The molecule has 2 aromatic rings. The van der Waals surface area contributed by atoms with Gasteiger partial charge in [-0.25, -0.2) is 0 Å². The maximum atomic E-state index is 12.1. The van der Waals surface area contributed by atoms with Gasteiger partial charge in [0.1, 0.15) is 23.9 Å². The van der Waals surface area contributed by atoms with E-state index < -0.39 is 0 Å². The average molecular weight is 358 g/mol. The van der Waals surface area contributed by atoms with Crippen molar-refractivity contribution in [3.05, 3.63) is 54.1 Å². The van der Waals surface area contributed by atoms with E-state index in [1.54, 1.807) is 14.2 Å². The van der Waals surface area contributed by atoms with Gasteiger partial charge in [-0.2, -0.15) is 0 Å². The predicted molar refractivity (Wildman–Crippen MR) is 101 cm³/mol. The van der Waals surface area contributed by atoms with Crippen LogP contribution in [0.3, 0.4) is 0 Å². The van der Waals surface area contributed by atoms with Gasteiger partial charge in [-0.1, -0.05) is 24.3 Å². The van der Waals surface area contributed by atoms with E-state index in [2.05, 4.69) is 5.32 Å². The Labute approximate surface area is 154 Å². The van der Waals surface area contributed by atoms with Crippen LogP contribution in [-0.2, 0) is 11.3 Å². The van der Waals surface area contributed by atoms with E-state index in [4.69, 9.17) is 14.2 Å². The molecule has 6 heteroatoms. The predicted octanol–water partition coefficient (Wildman–Crippen LogP) is 2.33. The second-order valence-corrected chi connectivity index (χ2v) is 5.86. The summed E-state index contributed by atoms with van der Waals surface area (Å²) in [6.45, 7) is 1.79. The standard InChI is InChI=1S/C20H26N2O4/c1-22(14-16-9-10-18(24-2)13-19(16)25-3)15-20(23)21-11-12-26-17-7-5-4-6-8-17/h4-10,13H,11-12,14-15H2,1-3H3,(H,21,23). The van der Waals surface area contributed by atoms with Crippen LogP contribution in [0, 0.1) is 0 Å². The van der Waals surface area contributed by atoms with E-state index in [0.29, 0.717) is 26.2 Å². The summed E-state index contributed by atoms with van der Waals surface area (Å²) in [7, 11) is 5.13. The first-order valence-electron chi connectivity index (χ1n) is 8.46. The fourth-order valence-corrected chi connectivity index (χ4v) is 2.51. The Balaban J connectivity index is 1.73. The van der Waals surface area contributed by atoms with Crippen molar-refractivity contribution in [2.75, 3.05) is 41.0 Å². The molecule has 0 heterocycles. The molecule has 0 bridgehead atoms. The molecular formula is C20H26N2O4. The van der Waals surface area contributed by atoms with Gasteiger partial charge >= 0.3 is 0 Å². The fraction of sp³-hybridized carbons (Fsp3) is 0.350. The zero-order valence-electron chi connectivity index (χ0n) is 15.5. The second-order valence-electron chi connectivity index (χ2n) is 5.86. The highest BCUT2D eigenvalue weighted by Gasteiger charge is 2.11. The van der Waals surface area contributed by atoms with Gasteiger partial charge in [-0.15, -0.1) is 0 Å². The van der Waals surface area contributed by atoms with Crippen molar-refractivity contribution in [1.29, 1.82) is 0 Å². The Bertz CT molecular complexity index is 691. The smallest absolute Gasteiger partial charge is 0.234 e. The van der Waals surface area contributed by atoms with Gasteiger partial charge in [0.05, 0.1) is 27.3 Å². The molecule has 1 N–H and O–H groups in total. The number of nitrogens with zero attached hydrogens (tertiary/aromatic N) is 1. The molecule has 1 amide bonds. The molecule has 140 valence electrons. The van der Waals surface area contributed by atoms with Crippen molar-refractivity contribution in [3.63, 3.8) is 0 Å². The highest BCUT2D eigenvalue weighted by molar-refractivity contribution is 5.77. The fourth-order valence-electron chi connectivity index (χ4n) is 2.51. The van der Waals surface area contributed by atoms with Gasteiger partial charge in [0.15, 0.2) is 0 Å². The largest absolute Gasteiger partial charge is 0.497 e. The summed E-state index contributed by atoms with van der Waals surface area (Å²) in [5.74, 6) is 2.24. The van der Waals surface area contributed by atoms with Crippen molar-refractivity contribution >= 4 is 5.91 Å². The molecule has 0 fully saturated rings. The van der Waals surface area contributed by atoms with Crippen LogP contribution < -0.4 is 19.5 Å². The Hall–Kier alpha value is -2.73. The third kappa shape index (κ3) is 6.29. The molecule has 0 saturated carbocycles. The number of para-hydroxylation sites is 1. The molecule has 0 radical (unpaired) electrons. The molecule has 0 aromatic heterocycles. The number of ether oxygens (including phenoxy) is 3. The second kappa shape index (κ2) is 10.3. The number of methoxy groups -OCH3 is 2. The molecule has 0 aliphatic carbocycles. The minimum Gasteiger partial charge on any atom is -0.497 e. The normalized spacial score (nSPS) is 10.5. The van der Waals surface area contributed by atoms with Crippen LogP contribution in [0.15, 0.2) is 48.5 Å².